The Morgan fingerprint density at radius 2 is 1.94 bits per heavy atom. The van der Waals surface area contributed by atoms with E-state index in [1.54, 1.807) is 13.2 Å². The van der Waals surface area contributed by atoms with E-state index >= 15 is 0 Å². The van der Waals surface area contributed by atoms with Crippen LogP contribution in [-0.2, 0) is 10.2 Å². The quantitative estimate of drug-likeness (QED) is 0.405. The van der Waals surface area contributed by atoms with E-state index < -0.39 is 0 Å². The molecule has 0 aromatic carbocycles. The third-order valence-electron chi connectivity index (χ3n) is 2.38. The lowest BCUT2D eigenvalue weighted by atomic mass is 9.96. The summed E-state index contributed by atoms with van der Waals surface area (Å²) in [5.41, 5.74) is 2.45. The van der Waals surface area contributed by atoms with Gasteiger partial charge in [-0.1, -0.05) is 20.8 Å². The molecule has 0 aliphatic carbocycles. The van der Waals surface area contributed by atoms with Crippen LogP contribution in [-0.4, -0.2) is 30.2 Å². The lowest BCUT2D eigenvalue weighted by molar-refractivity contribution is 0.197. The molecule has 0 aliphatic rings. The van der Waals surface area contributed by atoms with Crippen LogP contribution < -0.4 is 16.6 Å². The molecule has 4 N–H and O–H groups in total. The van der Waals surface area contributed by atoms with E-state index in [1.807, 2.05) is 0 Å². The number of hydrogen-bond acceptors (Lipinski definition) is 6. The van der Waals surface area contributed by atoms with Gasteiger partial charge in [-0.15, -0.1) is 0 Å². The van der Waals surface area contributed by atoms with Crippen molar-refractivity contribution in [2.24, 2.45) is 5.84 Å². The highest BCUT2D eigenvalue weighted by molar-refractivity contribution is 5.47. The standard InChI is InChI=1S/C12H23N5O/c1-12(2,3)11-15-9(8-10(16-11)17-13)14-6-5-7-18-4/h8H,5-7,13H2,1-4H3,(H2,14,15,16,17). The van der Waals surface area contributed by atoms with Crippen LogP contribution in [0.25, 0.3) is 0 Å². The van der Waals surface area contributed by atoms with Gasteiger partial charge in [-0.25, -0.2) is 15.8 Å². The van der Waals surface area contributed by atoms with Gasteiger partial charge in [-0.05, 0) is 6.42 Å². The minimum Gasteiger partial charge on any atom is -0.385 e. The maximum absolute atomic E-state index is 5.42. The zero-order valence-corrected chi connectivity index (χ0v) is 11.6. The minimum atomic E-state index is -0.115. The molecule has 18 heavy (non-hydrogen) atoms. The summed E-state index contributed by atoms with van der Waals surface area (Å²) in [6.07, 6.45) is 0.927. The topological polar surface area (TPSA) is 85.1 Å². The number of nitrogens with two attached hydrogens (primary N) is 1. The van der Waals surface area contributed by atoms with Crippen molar-refractivity contribution in [1.29, 1.82) is 0 Å². The second-order valence-corrected chi connectivity index (χ2v) is 5.13. The van der Waals surface area contributed by atoms with E-state index in [2.05, 4.69) is 41.5 Å². The summed E-state index contributed by atoms with van der Waals surface area (Å²) in [4.78, 5) is 8.85. The van der Waals surface area contributed by atoms with Gasteiger partial charge in [0.05, 0.1) is 0 Å². The maximum Gasteiger partial charge on any atom is 0.145 e. The fourth-order valence-electron chi connectivity index (χ4n) is 1.38. The fraction of sp³-hybridized carbons (Fsp3) is 0.667. The number of hydrogen-bond donors (Lipinski definition) is 3. The molecule has 0 atom stereocenters. The molecule has 102 valence electrons. The van der Waals surface area contributed by atoms with Crippen LogP contribution in [0.15, 0.2) is 6.07 Å². The predicted molar refractivity (Wildman–Crippen MR) is 73.5 cm³/mol. The number of nitrogens with one attached hydrogen (secondary N) is 2. The molecule has 0 unspecified atom stereocenters. The van der Waals surface area contributed by atoms with Gasteiger partial charge in [-0.3, -0.25) is 0 Å². The highest BCUT2D eigenvalue weighted by Gasteiger charge is 2.18. The van der Waals surface area contributed by atoms with Gasteiger partial charge >= 0.3 is 0 Å². The molecule has 0 spiro atoms. The van der Waals surface area contributed by atoms with E-state index in [0.717, 1.165) is 31.2 Å². The normalized spacial score (nSPS) is 11.4. The van der Waals surface area contributed by atoms with Gasteiger partial charge in [0.1, 0.15) is 17.5 Å². The smallest absolute Gasteiger partial charge is 0.145 e. The Balaban J connectivity index is 2.78. The Bertz CT molecular complexity index is 375. The van der Waals surface area contributed by atoms with E-state index in [-0.39, 0.29) is 5.41 Å². The molecule has 6 nitrogen and oxygen atoms in total. The van der Waals surface area contributed by atoms with Gasteiger partial charge < -0.3 is 15.5 Å². The van der Waals surface area contributed by atoms with Gasteiger partial charge in [0.15, 0.2) is 0 Å². The molecule has 0 bridgehead atoms. The Hall–Kier alpha value is -1.40. The molecule has 0 fully saturated rings. The average molecular weight is 253 g/mol. The SMILES string of the molecule is COCCCNc1cc(NN)nc(C(C)(C)C)n1. The van der Waals surface area contributed by atoms with Gasteiger partial charge in [0.2, 0.25) is 0 Å². The molecule has 0 aliphatic heterocycles. The Morgan fingerprint density at radius 1 is 1.28 bits per heavy atom. The molecule has 0 saturated heterocycles. The molecule has 0 radical (unpaired) electrons. The minimum absolute atomic E-state index is 0.115. The first-order chi connectivity index (χ1) is 8.47. The van der Waals surface area contributed by atoms with E-state index in [0.29, 0.717) is 5.82 Å². The second kappa shape index (κ2) is 6.51. The number of ether oxygens (including phenoxy) is 1. The van der Waals surface area contributed by atoms with Gasteiger partial charge in [0, 0.05) is 31.7 Å². The molecular weight excluding hydrogens is 230 g/mol. The lowest BCUT2D eigenvalue weighted by Crippen LogP contribution is -2.20. The zero-order valence-electron chi connectivity index (χ0n) is 11.6. The second-order valence-electron chi connectivity index (χ2n) is 5.13. The lowest BCUT2D eigenvalue weighted by Gasteiger charge is -2.18. The van der Waals surface area contributed by atoms with Gasteiger partial charge in [-0.2, -0.15) is 0 Å². The van der Waals surface area contributed by atoms with Crippen LogP contribution in [0.1, 0.15) is 33.0 Å². The van der Waals surface area contributed by atoms with Crippen molar-refractivity contribution in [3.05, 3.63) is 11.9 Å². The van der Waals surface area contributed by atoms with Crippen LogP contribution in [0.4, 0.5) is 11.6 Å². The van der Waals surface area contributed by atoms with E-state index in [9.17, 15) is 0 Å². The zero-order chi connectivity index (χ0) is 13.6. The van der Waals surface area contributed by atoms with Crippen molar-refractivity contribution in [2.75, 3.05) is 31.0 Å². The fourth-order valence-corrected chi connectivity index (χ4v) is 1.38. The summed E-state index contributed by atoms with van der Waals surface area (Å²) in [5, 5.41) is 3.24. The first-order valence-electron chi connectivity index (χ1n) is 6.06. The molecular formula is C12H23N5O. The number of hydrazine groups is 1. The van der Waals surface area contributed by atoms with Crippen LogP contribution in [0.3, 0.4) is 0 Å². The van der Waals surface area contributed by atoms with E-state index in [1.165, 1.54) is 0 Å². The van der Waals surface area contributed by atoms with Crippen molar-refractivity contribution in [3.63, 3.8) is 0 Å². The molecule has 6 heteroatoms. The summed E-state index contributed by atoms with van der Waals surface area (Å²) in [6, 6.07) is 1.79. The average Bonchev–Trinajstić information content (AvgIpc) is 2.33. The van der Waals surface area contributed by atoms with Crippen LogP contribution in [0.5, 0.6) is 0 Å². The number of methoxy groups -OCH3 is 1. The van der Waals surface area contributed by atoms with Crippen molar-refractivity contribution in [1.82, 2.24) is 9.97 Å². The molecule has 1 aromatic rings. The molecule has 1 rings (SSSR count). The first kappa shape index (κ1) is 14.7. The Labute approximate surface area is 108 Å². The van der Waals surface area contributed by atoms with Crippen molar-refractivity contribution in [2.45, 2.75) is 32.6 Å². The number of nitrogen functional groups attached to an aromatic ring is 1. The van der Waals surface area contributed by atoms with Crippen molar-refractivity contribution < 1.29 is 4.74 Å². The molecule has 0 amide bonds. The van der Waals surface area contributed by atoms with Crippen LogP contribution in [0, 0.1) is 0 Å². The number of rotatable bonds is 6. The van der Waals surface area contributed by atoms with Crippen molar-refractivity contribution in [3.8, 4) is 0 Å². The summed E-state index contributed by atoms with van der Waals surface area (Å²) in [5.74, 6) is 7.57. The third-order valence-corrected chi connectivity index (χ3v) is 2.38. The first-order valence-corrected chi connectivity index (χ1v) is 6.06. The molecule has 1 heterocycles. The summed E-state index contributed by atoms with van der Waals surface area (Å²) in [6.45, 7) is 7.73. The summed E-state index contributed by atoms with van der Waals surface area (Å²) in [7, 11) is 1.69. The van der Waals surface area contributed by atoms with Gasteiger partial charge in [0.25, 0.3) is 0 Å². The molecule has 0 saturated carbocycles. The number of nitrogens with zero attached hydrogens (tertiary/aromatic N) is 2. The highest BCUT2D eigenvalue weighted by Crippen LogP contribution is 2.21. The Morgan fingerprint density at radius 3 is 2.50 bits per heavy atom. The van der Waals surface area contributed by atoms with Crippen LogP contribution >= 0.6 is 0 Å². The molecule has 1 aromatic heterocycles. The monoisotopic (exact) mass is 253 g/mol. The van der Waals surface area contributed by atoms with E-state index in [4.69, 9.17) is 10.6 Å². The number of aromatic nitrogens is 2. The third kappa shape index (κ3) is 4.46. The number of anilines is 2. The summed E-state index contributed by atoms with van der Waals surface area (Å²) >= 11 is 0. The summed E-state index contributed by atoms with van der Waals surface area (Å²) < 4.78 is 5.00. The Kier molecular flexibility index (Phi) is 5.30. The maximum atomic E-state index is 5.42. The predicted octanol–water partition coefficient (Wildman–Crippen LogP) is 1.51. The highest BCUT2D eigenvalue weighted by atomic mass is 16.5. The largest absolute Gasteiger partial charge is 0.385 e. The van der Waals surface area contributed by atoms with Crippen LogP contribution in [0.2, 0.25) is 0 Å². The van der Waals surface area contributed by atoms with Crippen molar-refractivity contribution >= 4 is 11.6 Å².